The van der Waals surface area contributed by atoms with Crippen LogP contribution in [0.25, 0.3) is 11.3 Å². The molecule has 5 N–H and O–H groups in total. The second-order valence-electron chi connectivity index (χ2n) is 37.3. The van der Waals surface area contributed by atoms with Crippen molar-refractivity contribution in [1.82, 2.24) is 88.6 Å². The number of esters is 1. The van der Waals surface area contributed by atoms with E-state index in [-0.39, 0.29) is 68.2 Å². The molecule has 42 heteroatoms. The van der Waals surface area contributed by atoms with E-state index in [2.05, 4.69) is 159 Å². The van der Waals surface area contributed by atoms with Gasteiger partial charge in [0.1, 0.15) is 77.3 Å². The number of pyridine rings is 5. The average Bonchev–Trinajstić information content (AvgIpc) is 1.54. The van der Waals surface area contributed by atoms with E-state index in [4.69, 9.17) is 63.7 Å². The monoisotopic (exact) mass is 1920 g/mol. The molecule has 0 unspecified atom stereocenters. The first-order valence-corrected chi connectivity index (χ1v) is 46.9. The van der Waals surface area contributed by atoms with Gasteiger partial charge in [-0.05, 0) is 139 Å². The van der Waals surface area contributed by atoms with Gasteiger partial charge >= 0.3 is 12.1 Å². The molecule has 7 fully saturated rings. The van der Waals surface area contributed by atoms with Crippen LogP contribution in [0.2, 0.25) is 15.5 Å². The van der Waals surface area contributed by atoms with Gasteiger partial charge in [0.05, 0.1) is 98.3 Å². The molecule has 0 aromatic carbocycles. The molecule has 19 rings (SSSR count). The van der Waals surface area contributed by atoms with Crippen LogP contribution in [0.15, 0.2) is 135 Å². The van der Waals surface area contributed by atoms with Crippen LogP contribution in [0.3, 0.4) is 0 Å². The highest BCUT2D eigenvalue weighted by Gasteiger charge is 2.38. The average molecular weight is 1930 g/mol. The number of carbonyl (C=O) groups excluding carboxylic acids is 3. The number of nitrogens with one attached hydrogen (secondary N) is 5. The first kappa shape index (κ1) is 98.3. The molecule has 18 heterocycles. The number of aromatic nitrogens is 14. The summed E-state index contributed by atoms with van der Waals surface area (Å²) in [4.78, 5) is 125. The molecule has 8 aliphatic heterocycles. The fourth-order valence-corrected chi connectivity index (χ4v) is 18.6. The zero-order valence-corrected chi connectivity index (χ0v) is 81.5. The number of ketones is 1. The molecule has 1 aliphatic carbocycles. The van der Waals surface area contributed by atoms with Gasteiger partial charge in [0.2, 0.25) is 0 Å². The molecule has 4 atom stereocenters. The molecule has 0 radical (unpaired) electrons. The van der Waals surface area contributed by atoms with Crippen LogP contribution in [-0.2, 0) is 94.0 Å². The summed E-state index contributed by atoms with van der Waals surface area (Å²) in [7, 11) is 6.29. The minimum Gasteiger partial charge on any atom is -0.461 e. The molecule has 10 aromatic heterocycles. The van der Waals surface area contributed by atoms with Crippen LogP contribution >= 0.6 is 34.8 Å². The standard InChI is InChI=1S/C38H47N9O4.C20H27ClN6O3.C18H23ClN6O2.C15H19ClN6O.C3H4O2/c1-24-19-44(29-21-50-22-29)10-12-46(24)27-6-7-35(40-18-27)41-33-15-32(42-43(5)37(33)49)30-8-9-39-36(31(30)23-51-25(2)48)45-11-13-47-28(20-45)14-26-16-38(3,4)17-34(26)47;1-13-12-26(19(29)30-20(2,3)4)8-9-27(13)14-6-7-17(22-11-14)23-15-10-16(21)24-25(5)18(15)28;1-12-9-24(14-10-27-11-14)5-6-25(12)13-3-4-17(20-8-13)21-15-7-16(19)22-23(2)18(15)26;1-10-8-17-5-6-22(10)11-3-4-14(18-9-11)19-12-7-13(16)20-21(2)15(12)23;4-3-1-5-2-3/h6-9,14-15,18,24,29H,10-13,16-17,19-23H2,1-5H3,(H,40,41);6-7,10-11,13H,8-9,12H2,1-5H3,(H,22,23);3-4,7-8,12,14H,5-6,9-11H2,1-2H3,(H,20,21);3-4,7,9-10,17H,5-6,8H2,1-2H3,(H,18,19);1-2H2/t24-;13-;12-;10-;/m0000./s1. The van der Waals surface area contributed by atoms with Gasteiger partial charge < -0.3 is 84.2 Å². The second-order valence-corrected chi connectivity index (χ2v) is 38.4. The number of amides is 1. The van der Waals surface area contributed by atoms with Crippen LogP contribution in [0, 0.1) is 5.41 Å². The summed E-state index contributed by atoms with van der Waals surface area (Å²) in [5.41, 5.74) is 10.5. The molecule has 1 amide bonds. The Labute approximate surface area is 803 Å². The van der Waals surface area contributed by atoms with Crippen LogP contribution in [-0.4, -0.2) is 268 Å². The normalized spacial score (nSPS) is 19.4. The lowest BCUT2D eigenvalue weighted by molar-refractivity contribution is -0.142. The summed E-state index contributed by atoms with van der Waals surface area (Å²) in [6.45, 7) is 37.5. The van der Waals surface area contributed by atoms with E-state index in [1.165, 1.54) is 67.8 Å². The second kappa shape index (κ2) is 43.0. The lowest BCUT2D eigenvalue weighted by atomic mass is 9.90. The van der Waals surface area contributed by atoms with Gasteiger partial charge in [-0.1, -0.05) is 48.7 Å². The summed E-state index contributed by atoms with van der Waals surface area (Å²) in [5, 5.41) is 32.6. The third-order valence-corrected chi connectivity index (χ3v) is 25.7. The number of fused-ring (bicyclic) bond motifs is 3. The lowest BCUT2D eigenvalue weighted by Gasteiger charge is -2.46. The van der Waals surface area contributed by atoms with Crippen molar-refractivity contribution >= 4 is 127 Å². The summed E-state index contributed by atoms with van der Waals surface area (Å²) < 4.78 is 33.6. The highest BCUT2D eigenvalue weighted by atomic mass is 35.5. The Bertz CT molecular complexity index is 6160. The van der Waals surface area contributed by atoms with Crippen molar-refractivity contribution in [1.29, 1.82) is 0 Å². The van der Waals surface area contributed by atoms with Crippen molar-refractivity contribution in [3.63, 3.8) is 0 Å². The summed E-state index contributed by atoms with van der Waals surface area (Å²) in [5.74, 6) is 2.86. The minimum absolute atomic E-state index is 0.0352. The number of hydrogen-bond donors (Lipinski definition) is 5. The minimum atomic E-state index is -0.510. The fraction of sp³-hybridized carbons (Fsp3) is 0.489. The molecule has 39 nitrogen and oxygen atoms in total. The van der Waals surface area contributed by atoms with Gasteiger partial charge in [-0.2, -0.15) is 20.4 Å². The number of rotatable bonds is 18. The van der Waals surface area contributed by atoms with Gasteiger partial charge in [0.15, 0.2) is 21.2 Å². The number of piperazine rings is 4. The Balaban J connectivity index is 0.000000142. The maximum atomic E-state index is 13.4. The molecular formula is C94H120Cl3N27O12. The zero-order valence-electron chi connectivity index (χ0n) is 79.3. The number of ether oxygens (including phenoxy) is 5. The van der Waals surface area contributed by atoms with Gasteiger partial charge in [-0.3, -0.25) is 38.6 Å². The van der Waals surface area contributed by atoms with Crippen LogP contribution in [0.1, 0.15) is 91.8 Å². The molecular weight excluding hydrogens is 1810 g/mol. The maximum Gasteiger partial charge on any atom is 0.410 e. The number of aryl methyl sites for hydroxylation is 4. The number of hydrogen-bond acceptors (Lipinski definition) is 33. The van der Waals surface area contributed by atoms with Gasteiger partial charge in [-0.25, -0.2) is 48.4 Å². The quantitative estimate of drug-likeness (QED) is 0.0499. The maximum absolute atomic E-state index is 13.4. The number of carbonyl (C=O) groups is 3. The van der Waals surface area contributed by atoms with Crippen molar-refractivity contribution in [2.45, 2.75) is 144 Å². The largest absolute Gasteiger partial charge is 0.461 e. The van der Waals surface area contributed by atoms with Crippen molar-refractivity contribution < 1.29 is 38.1 Å². The molecule has 0 saturated carbocycles. The Hall–Kier alpha value is -12.2. The molecule has 0 spiro atoms. The molecule has 10 aromatic rings. The third-order valence-electron chi connectivity index (χ3n) is 25.1. The molecule has 7 saturated heterocycles. The van der Waals surface area contributed by atoms with E-state index >= 15 is 0 Å². The molecule has 724 valence electrons. The van der Waals surface area contributed by atoms with E-state index < -0.39 is 5.60 Å². The van der Waals surface area contributed by atoms with Crippen LogP contribution in [0.5, 0.6) is 0 Å². The number of halogens is 3. The predicted molar refractivity (Wildman–Crippen MR) is 524 cm³/mol. The van der Waals surface area contributed by atoms with Crippen LogP contribution < -0.4 is 73.3 Å². The molecule has 9 aliphatic rings. The summed E-state index contributed by atoms with van der Waals surface area (Å²) in [6, 6.07) is 28.3. The Morgan fingerprint density at radius 3 is 1.34 bits per heavy atom. The summed E-state index contributed by atoms with van der Waals surface area (Å²) in [6.07, 6.45) is 10.9. The van der Waals surface area contributed by atoms with E-state index in [1.54, 1.807) is 50.6 Å². The van der Waals surface area contributed by atoms with Crippen molar-refractivity contribution in [3.8, 4) is 11.3 Å². The highest BCUT2D eigenvalue weighted by Crippen LogP contribution is 2.41. The first-order valence-electron chi connectivity index (χ1n) is 45.8. The fourth-order valence-electron chi connectivity index (χ4n) is 17.9. The predicted octanol–water partition coefficient (Wildman–Crippen LogP) is 9.36. The smallest absolute Gasteiger partial charge is 0.410 e. The van der Waals surface area contributed by atoms with E-state index in [1.807, 2.05) is 81.8 Å². The van der Waals surface area contributed by atoms with Crippen molar-refractivity contribution in [2.24, 2.45) is 33.6 Å². The third kappa shape index (κ3) is 24.2. The van der Waals surface area contributed by atoms with Gasteiger partial charge in [0, 0.05) is 198 Å². The van der Waals surface area contributed by atoms with E-state index in [0.717, 1.165) is 151 Å². The van der Waals surface area contributed by atoms with E-state index in [9.17, 15) is 33.6 Å². The van der Waals surface area contributed by atoms with Gasteiger partial charge in [-0.15, -0.1) is 0 Å². The Kier molecular flexibility index (Phi) is 31.1. The molecule has 0 bridgehead atoms. The van der Waals surface area contributed by atoms with Crippen LogP contribution in [0.4, 0.5) is 79.4 Å². The Morgan fingerprint density at radius 2 is 0.949 bits per heavy atom. The number of anilines is 13. The number of nitrogens with zero attached hydrogens (tertiary/aromatic N) is 22. The van der Waals surface area contributed by atoms with E-state index in [0.29, 0.717) is 127 Å². The molecule has 136 heavy (non-hydrogen) atoms. The lowest BCUT2D eigenvalue weighted by Crippen LogP contribution is -2.59. The number of Topliss-reactive ketones (excluding diaryl/α,β-unsaturated/α-hetero) is 1. The SMILES string of the molecule is CC(=O)OCc1c(-c2cc(Nc3ccc(N4CCN(C5COC5)C[C@@H]4C)cn3)c(=O)n(C)n2)ccnc1N1CCn2c(cc3c2CC(C)(C)C3)C1.C[C@H]1CN(C(=O)OC(C)(C)C)CCN1c1ccc(Nc2cc(Cl)nn(C)c2=O)nc1.C[C@H]1CN(C2COC2)CCN1c1ccc(Nc2cc(Cl)nn(C)c2=O)nc1.C[C@H]1CNCCN1c1ccc(Nc2cc(Cl)nn(C)c2=O)nc1.O=C1COC1. The topological polar surface area (TPSA) is 392 Å². The Morgan fingerprint density at radius 1 is 0.515 bits per heavy atom. The highest BCUT2D eigenvalue weighted by molar-refractivity contribution is 6.30. The van der Waals surface area contributed by atoms with Crippen molar-refractivity contribution in [2.75, 3.05) is 170 Å². The van der Waals surface area contributed by atoms with Gasteiger partial charge in [0.25, 0.3) is 22.2 Å². The summed E-state index contributed by atoms with van der Waals surface area (Å²) >= 11 is 17.7. The zero-order chi connectivity index (χ0) is 96.6. The first-order chi connectivity index (χ1) is 65.0. The van der Waals surface area contributed by atoms with Crippen molar-refractivity contribution in [3.05, 3.63) is 195 Å².